The lowest BCUT2D eigenvalue weighted by atomic mass is 9.92. The van der Waals surface area contributed by atoms with Crippen LogP contribution in [0.4, 0.5) is 0 Å². The van der Waals surface area contributed by atoms with Crippen LogP contribution in [0.1, 0.15) is 16.8 Å². The van der Waals surface area contributed by atoms with Crippen molar-refractivity contribution in [3.05, 3.63) is 163 Å². The molecule has 0 fully saturated rings. The van der Waals surface area contributed by atoms with Crippen molar-refractivity contribution >= 4 is 55.8 Å². The van der Waals surface area contributed by atoms with Crippen LogP contribution < -0.4 is 0 Å². The van der Waals surface area contributed by atoms with Gasteiger partial charge in [0.1, 0.15) is 0 Å². The second-order valence-corrected chi connectivity index (χ2v) is 11.0. The molecule has 0 radical (unpaired) electrons. The Bertz CT molecular complexity index is 2370. The summed E-state index contributed by atoms with van der Waals surface area (Å²) in [5, 5.41) is 6.06. The van der Waals surface area contributed by atoms with Gasteiger partial charge < -0.3 is 9.13 Å². The fourth-order valence-electron chi connectivity index (χ4n) is 6.81. The van der Waals surface area contributed by atoms with E-state index in [4.69, 9.17) is 0 Å². The highest BCUT2D eigenvalue weighted by Gasteiger charge is 2.23. The predicted molar refractivity (Wildman–Crippen MR) is 183 cm³/mol. The van der Waals surface area contributed by atoms with Crippen molar-refractivity contribution in [3.63, 3.8) is 0 Å². The fourth-order valence-corrected chi connectivity index (χ4v) is 6.81. The first kappa shape index (κ1) is 25.1. The summed E-state index contributed by atoms with van der Waals surface area (Å²) in [5.41, 5.74) is 10.3. The van der Waals surface area contributed by atoms with Gasteiger partial charge in [0.25, 0.3) is 0 Å². The molecule has 3 nitrogen and oxygen atoms in total. The van der Waals surface area contributed by atoms with Gasteiger partial charge in [-0.3, -0.25) is 4.99 Å². The molecule has 8 rings (SSSR count). The Labute approximate surface area is 250 Å². The Hall–Kier alpha value is -5.67. The van der Waals surface area contributed by atoms with Gasteiger partial charge in [-0.05, 0) is 72.4 Å². The monoisotopic (exact) mass is 551 g/mol. The number of hydrogen-bond donors (Lipinski definition) is 0. The van der Waals surface area contributed by atoms with Crippen LogP contribution in [-0.2, 0) is 0 Å². The lowest BCUT2D eigenvalue weighted by Gasteiger charge is -2.13. The van der Waals surface area contributed by atoms with Crippen LogP contribution in [0.5, 0.6) is 0 Å². The van der Waals surface area contributed by atoms with Gasteiger partial charge in [0.2, 0.25) is 0 Å². The summed E-state index contributed by atoms with van der Waals surface area (Å²) < 4.78 is 4.74. The van der Waals surface area contributed by atoms with E-state index >= 15 is 0 Å². The predicted octanol–water partition coefficient (Wildman–Crippen LogP) is 10.3. The molecule has 2 heterocycles. The fraction of sp³-hybridized carbons (Fsp3) is 0.0250. The van der Waals surface area contributed by atoms with E-state index in [1.165, 1.54) is 43.5 Å². The largest absolute Gasteiger partial charge is 0.313 e. The SMILES string of the molecule is C=N/C=C(\c1c(C)n(-c2ccccc2)c2ccccc12)c1cccc2c1c1ccccc1n2-c1ccc2ccccc2c1. The Morgan fingerprint density at radius 3 is 2.02 bits per heavy atom. The number of fused-ring (bicyclic) bond motifs is 5. The molecule has 0 aliphatic rings. The van der Waals surface area contributed by atoms with E-state index < -0.39 is 0 Å². The van der Waals surface area contributed by atoms with Gasteiger partial charge in [-0.15, -0.1) is 0 Å². The number of nitrogens with zero attached hydrogens (tertiary/aromatic N) is 3. The van der Waals surface area contributed by atoms with Crippen LogP contribution in [0.2, 0.25) is 0 Å². The van der Waals surface area contributed by atoms with Gasteiger partial charge in [0.05, 0.1) is 16.6 Å². The third-order valence-electron chi connectivity index (χ3n) is 8.59. The van der Waals surface area contributed by atoms with Crippen LogP contribution in [0.25, 0.3) is 60.4 Å². The molecule has 6 aromatic carbocycles. The summed E-state index contributed by atoms with van der Waals surface area (Å²) in [4.78, 5) is 4.38. The van der Waals surface area contributed by atoms with Crippen molar-refractivity contribution in [1.82, 2.24) is 9.13 Å². The van der Waals surface area contributed by atoms with Gasteiger partial charge >= 0.3 is 0 Å². The maximum atomic E-state index is 4.38. The third-order valence-corrected chi connectivity index (χ3v) is 8.59. The minimum atomic E-state index is 1.06. The average Bonchev–Trinajstić information content (AvgIpc) is 3.55. The molecule has 3 heteroatoms. The van der Waals surface area contributed by atoms with Crippen molar-refractivity contribution in [2.75, 3.05) is 0 Å². The van der Waals surface area contributed by atoms with Gasteiger partial charge in [-0.25, -0.2) is 0 Å². The third kappa shape index (κ3) is 3.86. The smallest absolute Gasteiger partial charge is 0.0547 e. The maximum absolute atomic E-state index is 4.38. The van der Waals surface area contributed by atoms with Crippen LogP contribution in [0, 0.1) is 6.92 Å². The van der Waals surface area contributed by atoms with Crippen LogP contribution in [0.15, 0.2) is 151 Å². The molecule has 0 spiro atoms. The van der Waals surface area contributed by atoms with Crippen molar-refractivity contribution < 1.29 is 0 Å². The number of benzene rings is 6. The average molecular weight is 552 g/mol. The van der Waals surface area contributed by atoms with E-state index in [0.29, 0.717) is 0 Å². The molecule has 0 aliphatic heterocycles. The van der Waals surface area contributed by atoms with Gasteiger partial charge in [0, 0.05) is 50.6 Å². The highest BCUT2D eigenvalue weighted by Crippen LogP contribution is 2.42. The molecule has 0 saturated heterocycles. The van der Waals surface area contributed by atoms with Crippen molar-refractivity contribution in [2.24, 2.45) is 4.99 Å². The lowest BCUT2D eigenvalue weighted by Crippen LogP contribution is -1.98. The molecule has 204 valence electrons. The van der Waals surface area contributed by atoms with Crippen molar-refractivity contribution in [1.29, 1.82) is 0 Å². The topological polar surface area (TPSA) is 22.2 Å². The van der Waals surface area contributed by atoms with Crippen LogP contribution in [0.3, 0.4) is 0 Å². The molecule has 43 heavy (non-hydrogen) atoms. The van der Waals surface area contributed by atoms with Gasteiger partial charge in [-0.1, -0.05) is 97.1 Å². The molecule has 0 saturated carbocycles. The first-order valence-corrected chi connectivity index (χ1v) is 14.6. The molecule has 2 aromatic heterocycles. The Morgan fingerprint density at radius 1 is 0.581 bits per heavy atom. The molecule has 0 bridgehead atoms. The first-order valence-electron chi connectivity index (χ1n) is 14.6. The van der Waals surface area contributed by atoms with E-state index in [-0.39, 0.29) is 0 Å². The number of hydrogen-bond acceptors (Lipinski definition) is 1. The summed E-state index contributed by atoms with van der Waals surface area (Å²) in [7, 11) is 0. The van der Waals surface area contributed by atoms with E-state index in [2.05, 4.69) is 167 Å². The molecular formula is C40H29N3. The summed E-state index contributed by atoms with van der Waals surface area (Å²) in [6, 6.07) is 49.8. The second-order valence-electron chi connectivity index (χ2n) is 11.0. The Balaban J connectivity index is 1.45. The zero-order chi connectivity index (χ0) is 28.9. The van der Waals surface area contributed by atoms with E-state index in [1.54, 1.807) is 0 Å². The molecule has 0 unspecified atom stereocenters. The minimum absolute atomic E-state index is 1.06. The molecule has 0 N–H and O–H groups in total. The lowest BCUT2D eigenvalue weighted by molar-refractivity contribution is 1.05. The highest BCUT2D eigenvalue weighted by atomic mass is 15.0. The minimum Gasteiger partial charge on any atom is -0.313 e. The normalized spacial score (nSPS) is 12.1. The van der Waals surface area contributed by atoms with Crippen LogP contribution >= 0.6 is 0 Å². The summed E-state index contributed by atoms with van der Waals surface area (Å²) in [6.07, 6.45) is 1.93. The van der Waals surface area contributed by atoms with Crippen molar-refractivity contribution in [3.8, 4) is 11.4 Å². The first-order chi connectivity index (χ1) is 21.2. The number of rotatable bonds is 5. The highest BCUT2D eigenvalue weighted by molar-refractivity contribution is 6.16. The number of aliphatic imine (C=N–C) groups is 1. The van der Waals surface area contributed by atoms with E-state index in [1.807, 2.05) is 6.20 Å². The van der Waals surface area contributed by atoms with Gasteiger partial charge in [0.15, 0.2) is 0 Å². The molecule has 0 amide bonds. The molecule has 0 atom stereocenters. The Kier molecular flexibility index (Phi) is 5.83. The maximum Gasteiger partial charge on any atom is 0.0547 e. The molecular weight excluding hydrogens is 522 g/mol. The quantitative estimate of drug-likeness (QED) is 0.190. The second kappa shape index (κ2) is 10.0. The zero-order valence-corrected chi connectivity index (χ0v) is 23.9. The number of aromatic nitrogens is 2. The standard InChI is InChI=1S/C40H29N3/c1-27-39(33-17-8-10-20-36(33)42(27)30-15-4-3-5-16-30)35(26-41-2)32-19-12-22-38-40(32)34-18-9-11-21-37(34)43(38)31-24-23-28-13-6-7-14-29(28)25-31/h3-26H,2H2,1H3/b35-26-. The van der Waals surface area contributed by atoms with Gasteiger partial charge in [-0.2, -0.15) is 0 Å². The van der Waals surface area contributed by atoms with Crippen molar-refractivity contribution in [2.45, 2.75) is 6.92 Å². The van der Waals surface area contributed by atoms with E-state index in [0.717, 1.165) is 33.7 Å². The van der Waals surface area contributed by atoms with Crippen LogP contribution in [-0.4, -0.2) is 15.9 Å². The molecule has 0 aliphatic carbocycles. The zero-order valence-electron chi connectivity index (χ0n) is 23.9. The molecule has 8 aromatic rings. The Morgan fingerprint density at radius 2 is 1.23 bits per heavy atom. The number of para-hydroxylation sites is 3. The summed E-state index contributed by atoms with van der Waals surface area (Å²) in [5.74, 6) is 0. The summed E-state index contributed by atoms with van der Waals surface area (Å²) >= 11 is 0. The van der Waals surface area contributed by atoms with E-state index in [9.17, 15) is 0 Å². The summed E-state index contributed by atoms with van der Waals surface area (Å²) in [6.45, 7) is 6.12.